The number of rotatable bonds is 6. The number of hydrogen-bond acceptors (Lipinski definition) is 4. The monoisotopic (exact) mass is 259 g/mol. The topological polar surface area (TPSA) is 39.7 Å². The van der Waals surface area contributed by atoms with Gasteiger partial charge in [0.05, 0.1) is 18.8 Å². The van der Waals surface area contributed by atoms with E-state index in [2.05, 4.69) is 5.32 Å². The van der Waals surface area contributed by atoms with Crippen LogP contribution in [0, 0.1) is 0 Å². The van der Waals surface area contributed by atoms with Gasteiger partial charge in [-0.15, -0.1) is 0 Å². The first-order chi connectivity index (χ1) is 8.12. The Hall–Kier alpha value is -0.970. The Balaban J connectivity index is 2.82. The third kappa shape index (κ3) is 3.77. The first-order valence-corrected chi connectivity index (χ1v) is 5.65. The van der Waals surface area contributed by atoms with E-state index in [1.807, 2.05) is 13.0 Å². The number of anilines is 1. The zero-order valence-electron chi connectivity index (χ0n) is 10.5. The van der Waals surface area contributed by atoms with Gasteiger partial charge in [-0.1, -0.05) is 11.6 Å². The molecule has 5 heteroatoms. The van der Waals surface area contributed by atoms with Crippen molar-refractivity contribution in [1.29, 1.82) is 0 Å². The molecule has 0 aliphatic rings. The van der Waals surface area contributed by atoms with Gasteiger partial charge in [0.1, 0.15) is 5.75 Å². The Morgan fingerprint density at radius 1 is 1.18 bits per heavy atom. The summed E-state index contributed by atoms with van der Waals surface area (Å²) in [5, 5.41) is 3.89. The Bertz CT molecular complexity index is 356. The summed E-state index contributed by atoms with van der Waals surface area (Å²) in [6.45, 7) is 1.96. The Labute approximate surface area is 107 Å². The molecule has 0 aliphatic carbocycles. The molecule has 0 amide bonds. The van der Waals surface area contributed by atoms with Gasteiger partial charge in [0, 0.05) is 19.2 Å². The lowest BCUT2D eigenvalue weighted by molar-refractivity contribution is -0.109. The maximum atomic E-state index is 5.95. The van der Waals surface area contributed by atoms with Gasteiger partial charge in [0.15, 0.2) is 6.29 Å². The fourth-order valence-corrected chi connectivity index (χ4v) is 1.78. The number of hydrogen-bond donors (Lipinski definition) is 1. The summed E-state index contributed by atoms with van der Waals surface area (Å²) in [5.74, 6) is 0.729. The molecule has 1 atom stereocenters. The first-order valence-electron chi connectivity index (χ1n) is 5.28. The molecule has 0 aromatic heterocycles. The van der Waals surface area contributed by atoms with Crippen LogP contribution in [0.4, 0.5) is 5.69 Å². The standard InChI is InChI=1S/C12H18ClNO3/c1-8(12(16-3)17-4)14-10-7-9(13)5-6-11(10)15-2/h5-8,12,14H,1-4H3. The van der Waals surface area contributed by atoms with Crippen molar-refractivity contribution in [2.75, 3.05) is 26.6 Å². The maximum absolute atomic E-state index is 5.95. The summed E-state index contributed by atoms with van der Waals surface area (Å²) >= 11 is 5.95. The summed E-state index contributed by atoms with van der Waals surface area (Å²) in [4.78, 5) is 0. The SMILES string of the molecule is COc1ccc(Cl)cc1NC(C)C(OC)OC. The molecule has 1 rings (SSSR count). The summed E-state index contributed by atoms with van der Waals surface area (Å²) in [6.07, 6.45) is -0.335. The molecule has 0 aliphatic heterocycles. The number of nitrogens with one attached hydrogen (secondary N) is 1. The molecule has 0 radical (unpaired) electrons. The zero-order chi connectivity index (χ0) is 12.8. The van der Waals surface area contributed by atoms with Crippen LogP contribution in [0.5, 0.6) is 5.75 Å². The highest BCUT2D eigenvalue weighted by Crippen LogP contribution is 2.28. The third-order valence-electron chi connectivity index (χ3n) is 2.42. The smallest absolute Gasteiger partial charge is 0.176 e. The molecule has 1 aromatic carbocycles. The average Bonchev–Trinajstić information content (AvgIpc) is 2.31. The van der Waals surface area contributed by atoms with Crippen LogP contribution >= 0.6 is 11.6 Å². The van der Waals surface area contributed by atoms with Gasteiger partial charge in [0.25, 0.3) is 0 Å². The molecular formula is C12H18ClNO3. The molecular weight excluding hydrogens is 242 g/mol. The molecule has 1 N–H and O–H groups in total. The van der Waals surface area contributed by atoms with Crippen LogP contribution in [-0.2, 0) is 9.47 Å². The molecule has 0 saturated carbocycles. The molecule has 0 bridgehead atoms. The molecule has 96 valence electrons. The lowest BCUT2D eigenvalue weighted by atomic mass is 10.2. The molecule has 4 nitrogen and oxygen atoms in total. The van der Waals surface area contributed by atoms with E-state index in [1.165, 1.54) is 0 Å². The summed E-state index contributed by atoms with van der Waals surface area (Å²) in [6, 6.07) is 5.36. The summed E-state index contributed by atoms with van der Waals surface area (Å²) in [5.41, 5.74) is 0.812. The average molecular weight is 260 g/mol. The number of halogens is 1. The maximum Gasteiger partial charge on any atom is 0.176 e. The van der Waals surface area contributed by atoms with Gasteiger partial charge >= 0.3 is 0 Å². The lowest BCUT2D eigenvalue weighted by Gasteiger charge is -2.24. The minimum Gasteiger partial charge on any atom is -0.495 e. The Morgan fingerprint density at radius 3 is 2.35 bits per heavy atom. The van der Waals surface area contributed by atoms with Crippen molar-refractivity contribution in [2.45, 2.75) is 19.3 Å². The number of benzene rings is 1. The van der Waals surface area contributed by atoms with Gasteiger partial charge < -0.3 is 19.5 Å². The van der Waals surface area contributed by atoms with Crippen LogP contribution < -0.4 is 10.1 Å². The van der Waals surface area contributed by atoms with E-state index >= 15 is 0 Å². The molecule has 1 aromatic rings. The van der Waals surface area contributed by atoms with Crippen molar-refractivity contribution in [3.63, 3.8) is 0 Å². The summed E-state index contributed by atoms with van der Waals surface area (Å²) < 4.78 is 15.6. The van der Waals surface area contributed by atoms with Gasteiger partial charge in [-0.2, -0.15) is 0 Å². The van der Waals surface area contributed by atoms with E-state index in [0.717, 1.165) is 11.4 Å². The molecule has 0 spiro atoms. The van der Waals surface area contributed by atoms with Gasteiger partial charge in [-0.05, 0) is 25.1 Å². The molecule has 0 saturated heterocycles. The second-order valence-corrected chi connectivity index (χ2v) is 4.05. The van der Waals surface area contributed by atoms with E-state index in [9.17, 15) is 0 Å². The quantitative estimate of drug-likeness (QED) is 0.798. The Morgan fingerprint density at radius 2 is 1.82 bits per heavy atom. The van der Waals surface area contributed by atoms with E-state index in [4.69, 9.17) is 25.8 Å². The minimum absolute atomic E-state index is 0.0302. The fraction of sp³-hybridized carbons (Fsp3) is 0.500. The second kappa shape index (κ2) is 6.69. The van der Waals surface area contributed by atoms with Crippen LogP contribution in [0.15, 0.2) is 18.2 Å². The highest BCUT2D eigenvalue weighted by molar-refractivity contribution is 6.30. The molecule has 17 heavy (non-hydrogen) atoms. The summed E-state index contributed by atoms with van der Waals surface area (Å²) in [7, 11) is 4.81. The zero-order valence-corrected chi connectivity index (χ0v) is 11.2. The predicted octanol–water partition coefficient (Wildman–Crippen LogP) is 2.77. The van der Waals surface area contributed by atoms with Crippen molar-refractivity contribution in [3.8, 4) is 5.75 Å². The van der Waals surface area contributed by atoms with Gasteiger partial charge in [-0.3, -0.25) is 0 Å². The van der Waals surface area contributed by atoms with Crippen LogP contribution in [0.3, 0.4) is 0 Å². The fourth-order valence-electron chi connectivity index (χ4n) is 1.61. The lowest BCUT2D eigenvalue weighted by Crippen LogP contribution is -2.33. The first kappa shape index (κ1) is 14.1. The van der Waals surface area contributed by atoms with E-state index in [-0.39, 0.29) is 12.3 Å². The van der Waals surface area contributed by atoms with Crippen molar-refractivity contribution in [2.24, 2.45) is 0 Å². The number of ether oxygens (including phenoxy) is 3. The molecule has 1 unspecified atom stereocenters. The number of methoxy groups -OCH3 is 3. The molecule has 0 heterocycles. The van der Waals surface area contributed by atoms with E-state index in [0.29, 0.717) is 5.02 Å². The van der Waals surface area contributed by atoms with Crippen LogP contribution in [0.1, 0.15) is 6.92 Å². The molecule has 0 fully saturated rings. The Kier molecular flexibility index (Phi) is 5.55. The van der Waals surface area contributed by atoms with E-state index < -0.39 is 0 Å². The van der Waals surface area contributed by atoms with Gasteiger partial charge in [0.2, 0.25) is 0 Å². The highest BCUT2D eigenvalue weighted by Gasteiger charge is 2.17. The van der Waals surface area contributed by atoms with Crippen molar-refractivity contribution in [3.05, 3.63) is 23.2 Å². The normalized spacial score (nSPS) is 12.6. The predicted molar refractivity (Wildman–Crippen MR) is 68.9 cm³/mol. The highest BCUT2D eigenvalue weighted by atomic mass is 35.5. The third-order valence-corrected chi connectivity index (χ3v) is 2.65. The minimum atomic E-state index is -0.335. The van der Waals surface area contributed by atoms with Crippen LogP contribution in [-0.4, -0.2) is 33.7 Å². The van der Waals surface area contributed by atoms with Gasteiger partial charge in [-0.25, -0.2) is 0 Å². The largest absolute Gasteiger partial charge is 0.495 e. The van der Waals surface area contributed by atoms with Crippen molar-refractivity contribution >= 4 is 17.3 Å². The van der Waals surface area contributed by atoms with Crippen LogP contribution in [0.25, 0.3) is 0 Å². The van der Waals surface area contributed by atoms with Crippen LogP contribution in [0.2, 0.25) is 5.02 Å². The van der Waals surface area contributed by atoms with Crippen molar-refractivity contribution in [1.82, 2.24) is 0 Å². The van der Waals surface area contributed by atoms with E-state index in [1.54, 1.807) is 33.5 Å². The second-order valence-electron chi connectivity index (χ2n) is 3.62. The van der Waals surface area contributed by atoms with Crippen molar-refractivity contribution < 1.29 is 14.2 Å².